The van der Waals surface area contributed by atoms with Crippen molar-refractivity contribution < 1.29 is 23.5 Å². The van der Waals surface area contributed by atoms with Gasteiger partial charge in [0.2, 0.25) is 0 Å². The molecule has 0 saturated heterocycles. The minimum Gasteiger partial charge on any atom is -0.469 e. The van der Waals surface area contributed by atoms with Gasteiger partial charge in [-0.2, -0.15) is 0 Å². The van der Waals surface area contributed by atoms with Gasteiger partial charge in [0.25, 0.3) is 0 Å². The van der Waals surface area contributed by atoms with E-state index in [0.717, 1.165) is 17.5 Å². The highest BCUT2D eigenvalue weighted by Gasteiger charge is 2.38. The summed E-state index contributed by atoms with van der Waals surface area (Å²) >= 11 is 0. The molecule has 1 aliphatic rings. The summed E-state index contributed by atoms with van der Waals surface area (Å²) in [7, 11) is 1.35. The number of halogens is 1. The fraction of sp³-hybridized carbons (Fsp3) is 0.222. The summed E-state index contributed by atoms with van der Waals surface area (Å²) < 4.78 is 18.5. The van der Waals surface area contributed by atoms with Gasteiger partial charge in [-0.15, -0.1) is 0 Å². The largest absolute Gasteiger partial charge is 0.469 e. The van der Waals surface area contributed by atoms with Crippen LogP contribution < -0.4 is 10.6 Å². The van der Waals surface area contributed by atoms with Crippen LogP contribution in [0.4, 0.5) is 20.6 Å². The summed E-state index contributed by atoms with van der Waals surface area (Å²) in [6.45, 7) is 0. The Kier molecular flexibility index (Phi) is 7.01. The number of urea groups is 1. The fourth-order valence-corrected chi connectivity index (χ4v) is 4.34. The molecule has 6 nitrogen and oxygen atoms in total. The zero-order valence-corrected chi connectivity index (χ0v) is 18.7. The van der Waals surface area contributed by atoms with E-state index < -0.39 is 11.8 Å². The summed E-state index contributed by atoms with van der Waals surface area (Å²) in [5, 5.41) is 5.14. The van der Waals surface area contributed by atoms with E-state index in [1.807, 2.05) is 24.3 Å². The van der Waals surface area contributed by atoms with E-state index in [-0.39, 0.29) is 29.3 Å². The normalized spacial score (nSPS) is 17.1. The first-order valence-corrected chi connectivity index (χ1v) is 11.1. The van der Waals surface area contributed by atoms with E-state index in [4.69, 9.17) is 4.74 Å². The van der Waals surface area contributed by atoms with Crippen LogP contribution in [0.1, 0.15) is 29.6 Å². The third-order valence-electron chi connectivity index (χ3n) is 6.12. The van der Waals surface area contributed by atoms with Gasteiger partial charge in [-0.25, -0.2) is 9.18 Å². The minimum atomic E-state index is -0.544. The molecule has 7 heteroatoms. The molecule has 1 fully saturated rings. The van der Waals surface area contributed by atoms with Gasteiger partial charge in [-0.3, -0.25) is 9.59 Å². The van der Waals surface area contributed by atoms with Crippen molar-refractivity contribution in [3.05, 3.63) is 84.2 Å². The number of Topliss-reactive ketones (excluding diaryl/α,β-unsaturated/α-hetero) is 1. The van der Waals surface area contributed by atoms with E-state index >= 15 is 0 Å². The SMILES string of the molecule is COC(=O)[C@@H]1CCC[C@H]1C(=O)c1ccc(-c2ccc(NC(=O)Nc3ccccc3F)cc2)cc1. The summed E-state index contributed by atoms with van der Waals surface area (Å²) in [6.07, 6.45) is 2.21. The maximum atomic E-state index is 13.7. The molecule has 34 heavy (non-hydrogen) atoms. The smallest absolute Gasteiger partial charge is 0.323 e. The number of ketones is 1. The first-order chi connectivity index (χ1) is 16.5. The van der Waals surface area contributed by atoms with Gasteiger partial charge in [-0.1, -0.05) is 55.0 Å². The van der Waals surface area contributed by atoms with Crippen LogP contribution in [0.15, 0.2) is 72.8 Å². The number of hydrogen-bond donors (Lipinski definition) is 2. The van der Waals surface area contributed by atoms with E-state index in [9.17, 15) is 18.8 Å². The second kappa shape index (κ2) is 10.3. The average molecular weight is 461 g/mol. The molecule has 2 atom stereocenters. The van der Waals surface area contributed by atoms with Crippen molar-refractivity contribution in [2.24, 2.45) is 11.8 Å². The van der Waals surface area contributed by atoms with Crippen LogP contribution in [-0.4, -0.2) is 24.9 Å². The Bertz CT molecular complexity index is 1190. The number of esters is 1. The zero-order valence-electron chi connectivity index (χ0n) is 18.7. The molecule has 0 bridgehead atoms. The van der Waals surface area contributed by atoms with Crippen molar-refractivity contribution in [1.82, 2.24) is 0 Å². The number of hydrogen-bond acceptors (Lipinski definition) is 4. The number of benzene rings is 3. The van der Waals surface area contributed by atoms with Gasteiger partial charge in [0.1, 0.15) is 5.82 Å². The number of nitrogens with one attached hydrogen (secondary N) is 2. The van der Waals surface area contributed by atoms with Gasteiger partial charge in [-0.05, 0) is 48.2 Å². The predicted octanol–water partition coefficient (Wildman–Crippen LogP) is 5.91. The van der Waals surface area contributed by atoms with Gasteiger partial charge < -0.3 is 15.4 Å². The quantitative estimate of drug-likeness (QED) is 0.354. The second-order valence-electron chi connectivity index (χ2n) is 8.24. The number of methoxy groups -OCH3 is 1. The average Bonchev–Trinajstić information content (AvgIpc) is 3.35. The summed E-state index contributed by atoms with van der Waals surface area (Å²) in [4.78, 5) is 37.1. The number of para-hydroxylation sites is 1. The Labute approximate surface area is 197 Å². The lowest BCUT2D eigenvalue weighted by Gasteiger charge is -2.16. The van der Waals surface area contributed by atoms with Gasteiger partial charge in [0.15, 0.2) is 5.78 Å². The van der Waals surface area contributed by atoms with Gasteiger partial charge >= 0.3 is 12.0 Å². The molecule has 3 aromatic rings. The Morgan fingerprint density at radius 2 is 1.44 bits per heavy atom. The van der Waals surface area contributed by atoms with Crippen LogP contribution in [0.25, 0.3) is 11.1 Å². The molecule has 0 unspecified atom stereocenters. The molecule has 2 amide bonds. The number of carbonyl (C=O) groups excluding carboxylic acids is 3. The molecule has 3 aromatic carbocycles. The molecule has 0 heterocycles. The van der Waals surface area contributed by atoms with Crippen molar-refractivity contribution in [2.75, 3.05) is 17.7 Å². The highest BCUT2D eigenvalue weighted by molar-refractivity contribution is 6.01. The molecule has 1 saturated carbocycles. The molecule has 0 spiro atoms. The van der Waals surface area contributed by atoms with E-state index in [1.54, 1.807) is 36.4 Å². The minimum absolute atomic E-state index is 0.0279. The maximum Gasteiger partial charge on any atom is 0.323 e. The van der Waals surface area contributed by atoms with E-state index in [0.29, 0.717) is 24.1 Å². The first kappa shape index (κ1) is 23.2. The molecule has 0 radical (unpaired) electrons. The molecule has 1 aliphatic carbocycles. The van der Waals surface area contributed by atoms with Crippen molar-refractivity contribution in [2.45, 2.75) is 19.3 Å². The van der Waals surface area contributed by atoms with E-state index in [1.165, 1.54) is 19.2 Å². The number of amides is 2. The maximum absolute atomic E-state index is 13.7. The third kappa shape index (κ3) is 5.14. The fourth-order valence-electron chi connectivity index (χ4n) is 4.34. The second-order valence-corrected chi connectivity index (χ2v) is 8.24. The Balaban J connectivity index is 1.39. The zero-order chi connectivity index (χ0) is 24.1. The predicted molar refractivity (Wildman–Crippen MR) is 128 cm³/mol. The van der Waals surface area contributed by atoms with Gasteiger partial charge in [0.05, 0.1) is 18.7 Å². The first-order valence-electron chi connectivity index (χ1n) is 11.1. The van der Waals surface area contributed by atoms with Crippen LogP contribution in [0.3, 0.4) is 0 Å². The summed E-state index contributed by atoms with van der Waals surface area (Å²) in [5.41, 5.74) is 3.05. The third-order valence-corrected chi connectivity index (χ3v) is 6.12. The van der Waals surface area contributed by atoms with E-state index in [2.05, 4.69) is 10.6 Å². The highest BCUT2D eigenvalue weighted by atomic mass is 19.1. The summed E-state index contributed by atoms with van der Waals surface area (Å²) in [6, 6.07) is 19.9. The van der Waals surface area contributed by atoms with Crippen molar-refractivity contribution in [3.8, 4) is 11.1 Å². The highest BCUT2D eigenvalue weighted by Crippen LogP contribution is 2.35. The molecular formula is C27H25FN2O4. The molecule has 4 rings (SSSR count). The number of anilines is 2. The van der Waals surface area contributed by atoms with Crippen LogP contribution >= 0.6 is 0 Å². The lowest BCUT2D eigenvalue weighted by Crippen LogP contribution is -2.26. The molecular weight excluding hydrogens is 435 g/mol. The molecule has 174 valence electrons. The summed E-state index contributed by atoms with van der Waals surface area (Å²) in [5.74, 6) is -1.56. The Morgan fingerprint density at radius 1 is 0.824 bits per heavy atom. The molecule has 0 aliphatic heterocycles. The van der Waals surface area contributed by atoms with Crippen molar-refractivity contribution >= 4 is 29.2 Å². The lowest BCUT2D eigenvalue weighted by atomic mass is 9.88. The Morgan fingerprint density at radius 3 is 2.09 bits per heavy atom. The molecule has 0 aromatic heterocycles. The standard InChI is InChI=1S/C27H25FN2O4/c1-34-26(32)22-6-4-5-21(22)25(31)19-11-9-17(10-12-19)18-13-15-20(16-14-18)29-27(33)30-24-8-3-2-7-23(24)28/h2-3,7-16,21-22H,4-6H2,1H3,(H2,29,30,33)/t21-,22-/m1/s1. The number of rotatable bonds is 6. The van der Waals surface area contributed by atoms with Crippen LogP contribution in [0, 0.1) is 17.7 Å². The van der Waals surface area contributed by atoms with Crippen LogP contribution in [0.5, 0.6) is 0 Å². The van der Waals surface area contributed by atoms with Crippen molar-refractivity contribution in [3.63, 3.8) is 0 Å². The lowest BCUT2D eigenvalue weighted by molar-refractivity contribution is -0.146. The van der Waals surface area contributed by atoms with Crippen molar-refractivity contribution in [1.29, 1.82) is 0 Å². The monoisotopic (exact) mass is 460 g/mol. The van der Waals surface area contributed by atoms with Gasteiger partial charge in [0, 0.05) is 17.2 Å². The number of carbonyl (C=O) groups is 3. The topological polar surface area (TPSA) is 84.5 Å². The molecule has 2 N–H and O–H groups in total. The Hall–Kier alpha value is -4.00. The van der Waals surface area contributed by atoms with Crippen LogP contribution in [-0.2, 0) is 9.53 Å². The van der Waals surface area contributed by atoms with Crippen LogP contribution in [0.2, 0.25) is 0 Å². The number of ether oxygens (including phenoxy) is 1.